The number of nitrogens with zero attached hydrogens (tertiary/aromatic N) is 4. The average molecular weight is 400 g/mol. The highest BCUT2D eigenvalue weighted by Crippen LogP contribution is 2.28. The molecule has 0 aliphatic carbocycles. The summed E-state index contributed by atoms with van der Waals surface area (Å²) in [6, 6.07) is 11.7. The first-order chi connectivity index (χ1) is 14.1. The van der Waals surface area contributed by atoms with Gasteiger partial charge in [-0.2, -0.15) is 5.10 Å². The van der Waals surface area contributed by atoms with Crippen molar-refractivity contribution in [1.82, 2.24) is 4.90 Å². The first-order valence-corrected chi connectivity index (χ1v) is 9.60. The number of hydrazone groups is 1. The summed E-state index contributed by atoms with van der Waals surface area (Å²) in [5.41, 5.74) is 2.63. The molecule has 0 saturated carbocycles. The Kier molecular flexibility index (Phi) is 5.44. The normalized spacial score (nSPS) is 16.9. The van der Waals surface area contributed by atoms with Gasteiger partial charge in [-0.3, -0.25) is 9.80 Å². The number of amides is 1. The molecule has 8 heteroatoms. The quantitative estimate of drug-likeness (QED) is 0.855. The molecular formula is C21H22F2N4O2. The molecule has 0 bridgehead atoms. The molecule has 2 aromatic rings. The molecule has 2 heterocycles. The lowest BCUT2D eigenvalue weighted by atomic mass is 10.1. The van der Waals surface area contributed by atoms with Crippen LogP contribution in [0.25, 0.3) is 0 Å². The van der Waals surface area contributed by atoms with Crippen LogP contribution >= 0.6 is 0 Å². The Morgan fingerprint density at radius 1 is 0.966 bits per heavy atom. The molecular weight excluding hydrogens is 378 g/mol. The van der Waals surface area contributed by atoms with Crippen LogP contribution in [-0.4, -0.2) is 61.0 Å². The minimum Gasteiger partial charge on any atom is -0.387 e. The van der Waals surface area contributed by atoms with Crippen LogP contribution in [0.3, 0.4) is 0 Å². The number of benzene rings is 2. The van der Waals surface area contributed by atoms with Gasteiger partial charge in [-0.05, 0) is 29.8 Å². The second-order valence-electron chi connectivity index (χ2n) is 7.06. The number of piperazine rings is 1. The van der Waals surface area contributed by atoms with E-state index in [1.807, 2.05) is 24.3 Å². The summed E-state index contributed by atoms with van der Waals surface area (Å²) in [5.74, 6) is -1.48. The topological polar surface area (TPSA) is 59.4 Å². The standard InChI is InChI=1S/C21H22F2N4O2/c22-17-2-1-3-18(23)21(17)27-9-8-19(24-27)15-4-6-16(7-5-15)25-10-12-26(13-11-25)20(29)14-28/h1-7,28H,8-14H2. The van der Waals surface area contributed by atoms with Crippen molar-refractivity contribution in [3.05, 3.63) is 59.7 Å². The Morgan fingerprint density at radius 2 is 1.62 bits per heavy atom. The number of halogens is 2. The van der Waals surface area contributed by atoms with Crippen molar-refractivity contribution in [3.63, 3.8) is 0 Å². The number of anilines is 2. The van der Waals surface area contributed by atoms with Gasteiger partial charge in [0.15, 0.2) is 11.6 Å². The second kappa shape index (κ2) is 8.16. The molecule has 1 saturated heterocycles. The summed E-state index contributed by atoms with van der Waals surface area (Å²) in [6.07, 6.45) is 0.606. The van der Waals surface area contributed by atoms with Crippen molar-refractivity contribution in [1.29, 1.82) is 0 Å². The molecule has 152 valence electrons. The van der Waals surface area contributed by atoms with Gasteiger partial charge in [0.25, 0.3) is 0 Å². The molecule has 2 aromatic carbocycles. The number of hydrogen-bond donors (Lipinski definition) is 1. The van der Waals surface area contributed by atoms with Crippen LogP contribution in [0.15, 0.2) is 47.6 Å². The van der Waals surface area contributed by atoms with Crippen molar-refractivity contribution < 1.29 is 18.7 Å². The second-order valence-corrected chi connectivity index (χ2v) is 7.06. The van der Waals surface area contributed by atoms with Gasteiger partial charge in [0, 0.05) is 44.8 Å². The highest BCUT2D eigenvalue weighted by atomic mass is 19.1. The van der Waals surface area contributed by atoms with E-state index in [2.05, 4.69) is 10.0 Å². The first-order valence-electron chi connectivity index (χ1n) is 9.60. The zero-order valence-electron chi connectivity index (χ0n) is 15.9. The van der Waals surface area contributed by atoms with Crippen molar-refractivity contribution in [2.75, 3.05) is 49.2 Å². The van der Waals surface area contributed by atoms with Gasteiger partial charge in [-0.1, -0.05) is 18.2 Å². The third-order valence-electron chi connectivity index (χ3n) is 5.33. The number of carbonyl (C=O) groups excluding carboxylic acids is 1. The Bertz CT molecular complexity index is 905. The Balaban J connectivity index is 1.44. The third kappa shape index (κ3) is 3.93. The van der Waals surface area contributed by atoms with E-state index in [4.69, 9.17) is 5.11 Å². The summed E-state index contributed by atoms with van der Waals surface area (Å²) in [7, 11) is 0. The molecule has 1 N–H and O–H groups in total. The minimum atomic E-state index is -0.621. The largest absolute Gasteiger partial charge is 0.387 e. The van der Waals surface area contributed by atoms with Crippen LogP contribution in [-0.2, 0) is 4.79 Å². The minimum absolute atomic E-state index is 0.116. The van der Waals surface area contributed by atoms with E-state index in [9.17, 15) is 13.6 Å². The number of hydrogen-bond acceptors (Lipinski definition) is 5. The molecule has 2 aliphatic heterocycles. The summed E-state index contributed by atoms with van der Waals surface area (Å²) in [5, 5.41) is 14.8. The van der Waals surface area contributed by atoms with Gasteiger partial charge >= 0.3 is 0 Å². The molecule has 0 atom stereocenters. The van der Waals surface area contributed by atoms with Gasteiger partial charge in [0.05, 0.1) is 5.71 Å². The van der Waals surface area contributed by atoms with Crippen molar-refractivity contribution in [2.24, 2.45) is 5.10 Å². The number of aliphatic hydroxyl groups excluding tert-OH is 1. The predicted molar refractivity (Wildman–Crippen MR) is 107 cm³/mol. The first kappa shape index (κ1) is 19.3. The Labute approximate surface area is 167 Å². The third-order valence-corrected chi connectivity index (χ3v) is 5.33. The van der Waals surface area contributed by atoms with Gasteiger partial charge in [-0.15, -0.1) is 0 Å². The van der Waals surface area contributed by atoms with Gasteiger partial charge in [-0.25, -0.2) is 8.78 Å². The van der Waals surface area contributed by atoms with E-state index < -0.39 is 18.2 Å². The fraction of sp³-hybridized carbons (Fsp3) is 0.333. The highest BCUT2D eigenvalue weighted by Gasteiger charge is 2.24. The molecule has 0 aromatic heterocycles. The lowest BCUT2D eigenvalue weighted by Crippen LogP contribution is -2.49. The maximum absolute atomic E-state index is 14.0. The molecule has 1 fully saturated rings. The predicted octanol–water partition coefficient (Wildman–Crippen LogP) is 2.22. The lowest BCUT2D eigenvalue weighted by molar-refractivity contribution is -0.134. The van der Waals surface area contributed by atoms with Crippen LogP contribution in [0.1, 0.15) is 12.0 Å². The molecule has 6 nitrogen and oxygen atoms in total. The number of aliphatic hydroxyl groups is 1. The Hall–Kier alpha value is -3.00. The van der Waals surface area contributed by atoms with E-state index in [-0.39, 0.29) is 11.6 Å². The fourth-order valence-electron chi connectivity index (χ4n) is 3.74. The van der Waals surface area contributed by atoms with Crippen LogP contribution in [0.2, 0.25) is 0 Å². The zero-order valence-corrected chi connectivity index (χ0v) is 15.9. The van der Waals surface area contributed by atoms with Gasteiger partial charge in [0.1, 0.15) is 12.3 Å². The summed E-state index contributed by atoms with van der Waals surface area (Å²) in [4.78, 5) is 15.4. The fourth-order valence-corrected chi connectivity index (χ4v) is 3.74. The number of rotatable bonds is 4. The van der Waals surface area contributed by atoms with Crippen molar-refractivity contribution in [3.8, 4) is 0 Å². The summed E-state index contributed by atoms with van der Waals surface area (Å²) < 4.78 is 28.0. The SMILES string of the molecule is O=C(CO)N1CCN(c2ccc(C3=NN(c4c(F)cccc4F)CC3)cc2)CC1. The van der Waals surface area contributed by atoms with E-state index in [0.29, 0.717) is 39.1 Å². The van der Waals surface area contributed by atoms with Gasteiger partial charge < -0.3 is 14.9 Å². The van der Waals surface area contributed by atoms with E-state index >= 15 is 0 Å². The molecule has 0 radical (unpaired) electrons. The van der Waals surface area contributed by atoms with E-state index in [1.54, 1.807) is 4.90 Å². The molecule has 4 rings (SSSR count). The smallest absolute Gasteiger partial charge is 0.248 e. The zero-order chi connectivity index (χ0) is 20.4. The van der Waals surface area contributed by atoms with Crippen molar-refractivity contribution >= 4 is 23.0 Å². The molecule has 29 heavy (non-hydrogen) atoms. The molecule has 0 spiro atoms. The summed E-state index contributed by atoms with van der Waals surface area (Å²) in [6.45, 7) is 2.53. The number of carbonyl (C=O) groups is 1. The summed E-state index contributed by atoms with van der Waals surface area (Å²) >= 11 is 0. The van der Waals surface area contributed by atoms with Crippen LogP contribution in [0.5, 0.6) is 0 Å². The lowest BCUT2D eigenvalue weighted by Gasteiger charge is -2.35. The van der Waals surface area contributed by atoms with Crippen LogP contribution < -0.4 is 9.91 Å². The van der Waals surface area contributed by atoms with E-state index in [1.165, 1.54) is 23.2 Å². The maximum atomic E-state index is 14.0. The maximum Gasteiger partial charge on any atom is 0.248 e. The van der Waals surface area contributed by atoms with Crippen LogP contribution in [0.4, 0.5) is 20.2 Å². The number of para-hydroxylation sites is 1. The van der Waals surface area contributed by atoms with Crippen molar-refractivity contribution in [2.45, 2.75) is 6.42 Å². The highest BCUT2D eigenvalue weighted by molar-refractivity contribution is 6.03. The van der Waals surface area contributed by atoms with E-state index in [0.717, 1.165) is 17.0 Å². The van der Waals surface area contributed by atoms with Gasteiger partial charge in [0.2, 0.25) is 5.91 Å². The molecule has 1 amide bonds. The van der Waals surface area contributed by atoms with Crippen LogP contribution in [0, 0.1) is 11.6 Å². The monoisotopic (exact) mass is 400 g/mol. The molecule has 0 unspecified atom stereocenters. The average Bonchev–Trinajstić information content (AvgIpc) is 3.23. The Morgan fingerprint density at radius 3 is 2.24 bits per heavy atom. The molecule has 2 aliphatic rings.